The van der Waals surface area contributed by atoms with Crippen LogP contribution in [0.5, 0.6) is 0 Å². The van der Waals surface area contributed by atoms with Gasteiger partial charge in [0.15, 0.2) is 0 Å². The maximum atomic E-state index is 11.6. The molecule has 0 saturated carbocycles. The normalized spacial score (nSPS) is 10.6. The molecular formula is C9H18N4O. The lowest BCUT2D eigenvalue weighted by molar-refractivity contribution is -0.130. The van der Waals surface area contributed by atoms with E-state index >= 15 is 0 Å². The van der Waals surface area contributed by atoms with Gasteiger partial charge >= 0.3 is 0 Å². The third kappa shape index (κ3) is 4.72. The van der Waals surface area contributed by atoms with E-state index in [1.165, 1.54) is 0 Å². The molecule has 0 heterocycles. The van der Waals surface area contributed by atoms with Crippen LogP contribution < -0.4 is 0 Å². The van der Waals surface area contributed by atoms with Gasteiger partial charge in [0.1, 0.15) is 0 Å². The molecule has 0 bridgehead atoms. The summed E-state index contributed by atoms with van der Waals surface area (Å²) in [4.78, 5) is 15.9. The van der Waals surface area contributed by atoms with Crippen LogP contribution in [-0.4, -0.2) is 29.9 Å². The fourth-order valence-electron chi connectivity index (χ4n) is 1.12. The second kappa shape index (κ2) is 5.50. The van der Waals surface area contributed by atoms with Crippen LogP contribution in [0.2, 0.25) is 0 Å². The van der Waals surface area contributed by atoms with Crippen molar-refractivity contribution < 1.29 is 4.79 Å². The zero-order valence-corrected chi connectivity index (χ0v) is 9.32. The Balaban J connectivity index is 4.23. The largest absolute Gasteiger partial charge is 0.346 e. The third-order valence-corrected chi connectivity index (χ3v) is 1.88. The van der Waals surface area contributed by atoms with Crippen LogP contribution in [0.4, 0.5) is 0 Å². The summed E-state index contributed by atoms with van der Waals surface area (Å²) in [5, 5.41) is 3.57. The summed E-state index contributed by atoms with van der Waals surface area (Å²) in [6.45, 7) is 6.27. The van der Waals surface area contributed by atoms with E-state index in [9.17, 15) is 4.79 Å². The molecule has 0 rings (SSSR count). The highest BCUT2D eigenvalue weighted by Crippen LogP contribution is 2.15. The summed E-state index contributed by atoms with van der Waals surface area (Å²) in [7, 11) is 1.76. The molecule has 5 nitrogen and oxygen atoms in total. The fraction of sp³-hybridized carbons (Fsp3) is 0.889. The van der Waals surface area contributed by atoms with Gasteiger partial charge in [-0.3, -0.25) is 4.79 Å². The van der Waals surface area contributed by atoms with Crippen molar-refractivity contribution in [1.82, 2.24) is 4.90 Å². The first-order valence-electron chi connectivity index (χ1n) is 4.73. The molecule has 0 unspecified atom stereocenters. The van der Waals surface area contributed by atoms with Gasteiger partial charge in [-0.05, 0) is 12.0 Å². The van der Waals surface area contributed by atoms with Crippen LogP contribution in [0.3, 0.4) is 0 Å². The monoisotopic (exact) mass is 198 g/mol. The lowest BCUT2D eigenvalue weighted by Crippen LogP contribution is -2.33. The predicted molar refractivity (Wildman–Crippen MR) is 55.8 cm³/mol. The van der Waals surface area contributed by atoms with Crippen molar-refractivity contribution in [2.75, 3.05) is 13.6 Å². The van der Waals surface area contributed by atoms with E-state index in [-0.39, 0.29) is 12.3 Å². The quantitative estimate of drug-likeness (QED) is 0.379. The van der Waals surface area contributed by atoms with Crippen molar-refractivity contribution in [3.8, 4) is 0 Å². The molecule has 0 aliphatic rings. The van der Waals surface area contributed by atoms with Crippen LogP contribution in [0.25, 0.3) is 10.4 Å². The molecule has 1 amide bonds. The van der Waals surface area contributed by atoms with E-state index in [1.54, 1.807) is 25.8 Å². The molecule has 14 heavy (non-hydrogen) atoms. The Bertz CT molecular complexity index is 243. The number of hydrogen-bond acceptors (Lipinski definition) is 2. The van der Waals surface area contributed by atoms with Gasteiger partial charge in [-0.2, -0.15) is 0 Å². The van der Waals surface area contributed by atoms with Gasteiger partial charge in [0.2, 0.25) is 5.91 Å². The molecule has 5 heteroatoms. The number of nitrogens with zero attached hydrogens (tertiary/aromatic N) is 4. The summed E-state index contributed by atoms with van der Waals surface area (Å²) in [6, 6.07) is 0. The van der Waals surface area contributed by atoms with Crippen LogP contribution in [-0.2, 0) is 4.79 Å². The van der Waals surface area contributed by atoms with Gasteiger partial charge in [0.25, 0.3) is 0 Å². The molecule has 0 saturated heterocycles. The third-order valence-electron chi connectivity index (χ3n) is 1.88. The van der Waals surface area contributed by atoms with E-state index in [0.29, 0.717) is 0 Å². The Morgan fingerprint density at radius 3 is 2.57 bits per heavy atom. The molecule has 0 radical (unpaired) electrons. The molecule has 0 aromatic carbocycles. The fourth-order valence-corrected chi connectivity index (χ4v) is 1.12. The Hall–Kier alpha value is -1.22. The molecule has 0 atom stereocenters. The molecule has 0 fully saturated rings. The van der Waals surface area contributed by atoms with E-state index < -0.39 is 5.54 Å². The van der Waals surface area contributed by atoms with Gasteiger partial charge in [-0.15, -0.1) is 0 Å². The van der Waals surface area contributed by atoms with Gasteiger partial charge in [-0.25, -0.2) is 0 Å². The molecule has 0 N–H and O–H groups in total. The van der Waals surface area contributed by atoms with Gasteiger partial charge in [0, 0.05) is 24.9 Å². The van der Waals surface area contributed by atoms with E-state index in [0.717, 1.165) is 13.0 Å². The number of azide groups is 1. The number of rotatable bonds is 5. The summed E-state index contributed by atoms with van der Waals surface area (Å²) >= 11 is 0. The zero-order chi connectivity index (χ0) is 11.2. The van der Waals surface area contributed by atoms with Crippen LogP contribution >= 0.6 is 0 Å². The molecule has 0 aliphatic heterocycles. The highest BCUT2D eigenvalue weighted by molar-refractivity contribution is 5.77. The van der Waals surface area contributed by atoms with Crippen LogP contribution in [0.15, 0.2) is 5.11 Å². The molecular weight excluding hydrogens is 180 g/mol. The zero-order valence-electron chi connectivity index (χ0n) is 9.32. The summed E-state index contributed by atoms with van der Waals surface area (Å²) in [6.07, 6.45) is 1.19. The van der Waals surface area contributed by atoms with E-state index in [2.05, 4.69) is 10.0 Å². The minimum atomic E-state index is -0.631. The first kappa shape index (κ1) is 12.8. The van der Waals surface area contributed by atoms with Crippen molar-refractivity contribution in [1.29, 1.82) is 0 Å². The second-order valence-corrected chi connectivity index (χ2v) is 3.99. The van der Waals surface area contributed by atoms with E-state index in [1.807, 2.05) is 6.92 Å². The van der Waals surface area contributed by atoms with E-state index in [4.69, 9.17) is 5.53 Å². The Morgan fingerprint density at radius 2 is 2.14 bits per heavy atom. The number of hydrogen-bond donors (Lipinski definition) is 0. The van der Waals surface area contributed by atoms with Crippen molar-refractivity contribution in [3.63, 3.8) is 0 Å². The minimum absolute atomic E-state index is 0.0178. The molecule has 0 aliphatic carbocycles. The number of carbonyl (C=O) groups excluding carboxylic acids is 1. The highest BCUT2D eigenvalue weighted by Gasteiger charge is 2.22. The van der Waals surface area contributed by atoms with Gasteiger partial charge in [0.05, 0.1) is 5.54 Å². The maximum Gasteiger partial charge on any atom is 0.222 e. The van der Waals surface area contributed by atoms with Gasteiger partial charge < -0.3 is 4.90 Å². The molecule has 0 aromatic heterocycles. The standard InChI is InChI=1S/C9H18N4O/c1-5-6-13(4)8(14)7-9(2,3)11-12-10/h5-7H2,1-4H3. The Labute approximate surface area is 84.7 Å². The SMILES string of the molecule is CCCN(C)C(=O)CC(C)(C)N=[N+]=[N-]. The Morgan fingerprint density at radius 1 is 1.57 bits per heavy atom. The first-order chi connectivity index (χ1) is 6.43. The van der Waals surface area contributed by atoms with Crippen LogP contribution in [0.1, 0.15) is 33.6 Å². The number of amides is 1. The predicted octanol–water partition coefficient (Wildman–Crippen LogP) is 2.33. The number of carbonyl (C=O) groups is 1. The van der Waals surface area contributed by atoms with Crippen molar-refractivity contribution in [3.05, 3.63) is 10.4 Å². The Kier molecular flexibility index (Phi) is 5.02. The van der Waals surface area contributed by atoms with Crippen molar-refractivity contribution in [2.45, 2.75) is 39.2 Å². The average molecular weight is 198 g/mol. The smallest absolute Gasteiger partial charge is 0.222 e. The lowest BCUT2D eigenvalue weighted by atomic mass is 10.0. The second-order valence-electron chi connectivity index (χ2n) is 3.99. The van der Waals surface area contributed by atoms with Crippen molar-refractivity contribution >= 4 is 5.91 Å². The highest BCUT2D eigenvalue weighted by atomic mass is 16.2. The summed E-state index contributed by atoms with van der Waals surface area (Å²) in [5.74, 6) is 0.0178. The summed E-state index contributed by atoms with van der Waals surface area (Å²) < 4.78 is 0. The van der Waals surface area contributed by atoms with Crippen molar-refractivity contribution in [2.24, 2.45) is 5.11 Å². The molecule has 0 aromatic rings. The topological polar surface area (TPSA) is 69.1 Å². The lowest BCUT2D eigenvalue weighted by Gasteiger charge is -2.22. The average Bonchev–Trinajstić information content (AvgIpc) is 2.03. The summed E-state index contributed by atoms with van der Waals surface area (Å²) in [5.41, 5.74) is 7.66. The van der Waals surface area contributed by atoms with Crippen LogP contribution in [0, 0.1) is 0 Å². The minimum Gasteiger partial charge on any atom is -0.346 e. The van der Waals surface area contributed by atoms with Gasteiger partial charge in [-0.1, -0.05) is 25.9 Å². The molecule has 80 valence electrons. The molecule has 0 spiro atoms. The maximum absolute atomic E-state index is 11.6. The first-order valence-corrected chi connectivity index (χ1v) is 4.73.